The SMILES string of the molecule is [C-]#[N+]C(C)(Sc1ccccc1OC)c1ccccc1. The van der Waals surface area contributed by atoms with Gasteiger partial charge in [0.1, 0.15) is 5.75 Å². The fraction of sp³-hybridized carbons (Fsp3) is 0.188. The highest BCUT2D eigenvalue weighted by atomic mass is 32.2. The van der Waals surface area contributed by atoms with E-state index in [1.165, 1.54) is 11.8 Å². The van der Waals surface area contributed by atoms with Crippen molar-refractivity contribution in [3.8, 4) is 5.75 Å². The third-order valence-corrected chi connectivity index (χ3v) is 4.18. The minimum Gasteiger partial charge on any atom is -0.496 e. The molecule has 0 bridgehead atoms. The molecule has 0 aliphatic heterocycles. The first kappa shape index (κ1) is 13.5. The number of benzene rings is 2. The third kappa shape index (κ3) is 2.91. The largest absolute Gasteiger partial charge is 0.496 e. The summed E-state index contributed by atoms with van der Waals surface area (Å²) in [4.78, 5) is 4.15. The Balaban J connectivity index is 2.37. The average Bonchev–Trinajstić information content (AvgIpc) is 2.48. The van der Waals surface area contributed by atoms with E-state index in [9.17, 15) is 0 Å². The van der Waals surface area contributed by atoms with E-state index in [2.05, 4.69) is 4.85 Å². The standard InChI is InChI=1S/C16H15NOS/c1-16(17-2,13-9-5-4-6-10-13)19-15-12-8-7-11-14(15)18-3/h4-12H,1,3H3. The number of hydrogen-bond donors (Lipinski definition) is 0. The average molecular weight is 269 g/mol. The maximum absolute atomic E-state index is 7.53. The molecule has 1 atom stereocenters. The Labute approximate surface area is 118 Å². The lowest BCUT2D eigenvalue weighted by Gasteiger charge is -2.18. The highest BCUT2D eigenvalue weighted by Gasteiger charge is 2.35. The van der Waals surface area contributed by atoms with Crippen LogP contribution in [0.3, 0.4) is 0 Å². The summed E-state index contributed by atoms with van der Waals surface area (Å²) in [5, 5.41) is 0. The van der Waals surface area contributed by atoms with Crippen LogP contribution in [0.5, 0.6) is 5.75 Å². The van der Waals surface area contributed by atoms with Crippen molar-refractivity contribution in [2.45, 2.75) is 16.7 Å². The molecule has 3 heteroatoms. The van der Waals surface area contributed by atoms with Crippen LogP contribution < -0.4 is 4.74 Å². The van der Waals surface area contributed by atoms with Crippen molar-refractivity contribution in [3.05, 3.63) is 71.6 Å². The number of ether oxygens (including phenoxy) is 1. The van der Waals surface area contributed by atoms with Gasteiger partial charge in [0.15, 0.2) is 0 Å². The molecule has 0 heterocycles. The van der Waals surface area contributed by atoms with Gasteiger partial charge in [0.2, 0.25) is 0 Å². The molecule has 0 aromatic heterocycles. The van der Waals surface area contributed by atoms with Gasteiger partial charge in [-0.1, -0.05) is 30.3 Å². The molecule has 0 amide bonds. The van der Waals surface area contributed by atoms with Crippen molar-refractivity contribution < 1.29 is 4.74 Å². The van der Waals surface area contributed by atoms with Crippen molar-refractivity contribution in [3.63, 3.8) is 0 Å². The molecule has 0 saturated carbocycles. The quantitative estimate of drug-likeness (QED) is 0.595. The van der Waals surface area contributed by atoms with Crippen molar-refractivity contribution in [2.24, 2.45) is 0 Å². The predicted molar refractivity (Wildman–Crippen MR) is 79.2 cm³/mol. The summed E-state index contributed by atoms with van der Waals surface area (Å²) in [5.41, 5.74) is 1.00. The summed E-state index contributed by atoms with van der Waals surface area (Å²) in [6.45, 7) is 9.47. The zero-order chi connectivity index (χ0) is 13.7. The van der Waals surface area contributed by atoms with Gasteiger partial charge in [-0.3, -0.25) is 4.85 Å². The minimum absolute atomic E-state index is 0.643. The Morgan fingerprint density at radius 1 is 1.05 bits per heavy atom. The van der Waals surface area contributed by atoms with Crippen LogP contribution >= 0.6 is 11.8 Å². The molecule has 2 nitrogen and oxygen atoms in total. The van der Waals surface area contributed by atoms with Gasteiger partial charge in [-0.25, -0.2) is 6.57 Å². The molecule has 0 saturated heterocycles. The molecule has 0 fully saturated rings. The number of nitrogens with zero attached hydrogens (tertiary/aromatic N) is 1. The number of thioether (sulfide) groups is 1. The maximum Gasteiger partial charge on any atom is 0.304 e. The maximum atomic E-state index is 7.53. The summed E-state index contributed by atoms with van der Waals surface area (Å²) in [7, 11) is 1.65. The molecule has 0 radical (unpaired) electrons. The predicted octanol–water partition coefficient (Wildman–Crippen LogP) is 4.58. The molecule has 0 N–H and O–H groups in total. The monoisotopic (exact) mass is 269 g/mol. The number of methoxy groups -OCH3 is 1. The van der Waals surface area contributed by atoms with E-state index in [-0.39, 0.29) is 0 Å². The summed E-state index contributed by atoms with van der Waals surface area (Å²) in [5.74, 6) is 0.804. The molecule has 0 spiro atoms. The lowest BCUT2D eigenvalue weighted by molar-refractivity contribution is 0.404. The fourth-order valence-corrected chi connectivity index (χ4v) is 2.94. The Hall–Kier alpha value is -1.92. The van der Waals surface area contributed by atoms with E-state index < -0.39 is 4.87 Å². The summed E-state index contributed by atoms with van der Waals surface area (Å²) >= 11 is 1.52. The van der Waals surface area contributed by atoms with Gasteiger partial charge >= 0.3 is 4.87 Å². The van der Waals surface area contributed by atoms with Gasteiger partial charge < -0.3 is 4.74 Å². The second-order valence-electron chi connectivity index (χ2n) is 4.21. The molecule has 96 valence electrons. The van der Waals surface area contributed by atoms with Crippen LogP contribution in [0.25, 0.3) is 4.85 Å². The van der Waals surface area contributed by atoms with Crippen LogP contribution in [0.1, 0.15) is 12.5 Å². The van der Waals surface area contributed by atoms with Crippen LogP contribution in [-0.4, -0.2) is 7.11 Å². The molecule has 0 aliphatic rings. The molecule has 2 aromatic carbocycles. The van der Waals surface area contributed by atoms with E-state index in [1.807, 2.05) is 61.5 Å². The first-order chi connectivity index (χ1) is 9.19. The van der Waals surface area contributed by atoms with Gasteiger partial charge in [0.25, 0.3) is 0 Å². The van der Waals surface area contributed by atoms with E-state index in [0.29, 0.717) is 0 Å². The van der Waals surface area contributed by atoms with Crippen LogP contribution in [0.15, 0.2) is 59.5 Å². The highest BCUT2D eigenvalue weighted by molar-refractivity contribution is 8.00. The topological polar surface area (TPSA) is 13.6 Å². The highest BCUT2D eigenvalue weighted by Crippen LogP contribution is 2.45. The minimum atomic E-state index is -0.643. The molecule has 1 unspecified atom stereocenters. The second kappa shape index (κ2) is 5.81. The second-order valence-corrected chi connectivity index (χ2v) is 5.65. The lowest BCUT2D eigenvalue weighted by atomic mass is 10.1. The van der Waals surface area contributed by atoms with E-state index in [4.69, 9.17) is 11.3 Å². The van der Waals surface area contributed by atoms with Gasteiger partial charge in [-0.05, 0) is 36.0 Å². The van der Waals surface area contributed by atoms with E-state index in [1.54, 1.807) is 7.11 Å². The van der Waals surface area contributed by atoms with Gasteiger partial charge in [0.05, 0.1) is 12.0 Å². The number of hydrogen-bond acceptors (Lipinski definition) is 2. The summed E-state index contributed by atoms with van der Waals surface area (Å²) in [6.07, 6.45) is 0. The summed E-state index contributed by atoms with van der Waals surface area (Å²) in [6, 6.07) is 17.6. The van der Waals surface area contributed by atoms with Crippen LogP contribution in [0.2, 0.25) is 0 Å². The molecule has 0 aliphatic carbocycles. The van der Waals surface area contributed by atoms with Crippen molar-refractivity contribution in [2.75, 3.05) is 7.11 Å². The molecular formula is C16H15NOS. The molecule has 2 aromatic rings. The number of para-hydroxylation sites is 1. The Bertz CT molecular complexity index is 591. The van der Waals surface area contributed by atoms with Crippen LogP contribution in [-0.2, 0) is 4.87 Å². The van der Waals surface area contributed by atoms with Gasteiger partial charge in [0, 0.05) is 12.5 Å². The Morgan fingerprint density at radius 3 is 2.32 bits per heavy atom. The molecule has 2 rings (SSSR count). The van der Waals surface area contributed by atoms with Gasteiger partial charge in [-0.15, -0.1) is 0 Å². The lowest BCUT2D eigenvalue weighted by Crippen LogP contribution is -2.11. The summed E-state index contributed by atoms with van der Waals surface area (Å²) < 4.78 is 5.35. The first-order valence-corrected chi connectivity index (χ1v) is 6.77. The zero-order valence-electron chi connectivity index (χ0n) is 11.0. The van der Waals surface area contributed by atoms with E-state index >= 15 is 0 Å². The smallest absolute Gasteiger partial charge is 0.304 e. The van der Waals surface area contributed by atoms with Gasteiger partial charge in [-0.2, -0.15) is 0 Å². The molecule has 19 heavy (non-hydrogen) atoms. The van der Waals surface area contributed by atoms with Crippen molar-refractivity contribution in [1.82, 2.24) is 0 Å². The fourth-order valence-electron chi connectivity index (χ4n) is 1.81. The van der Waals surface area contributed by atoms with Crippen molar-refractivity contribution in [1.29, 1.82) is 0 Å². The first-order valence-electron chi connectivity index (χ1n) is 5.96. The third-order valence-electron chi connectivity index (χ3n) is 2.90. The Morgan fingerprint density at radius 2 is 1.68 bits per heavy atom. The van der Waals surface area contributed by atoms with Crippen LogP contribution in [0, 0.1) is 6.57 Å². The van der Waals surface area contributed by atoms with Crippen molar-refractivity contribution >= 4 is 11.8 Å². The molecular weight excluding hydrogens is 254 g/mol. The van der Waals surface area contributed by atoms with Crippen LogP contribution in [0.4, 0.5) is 0 Å². The number of rotatable bonds is 4. The van der Waals surface area contributed by atoms with E-state index in [0.717, 1.165) is 16.2 Å². The Kier molecular flexibility index (Phi) is 4.13. The zero-order valence-corrected chi connectivity index (χ0v) is 11.8. The normalized spacial score (nSPS) is 13.3.